The first kappa shape index (κ1) is 31.8. The number of benzene rings is 2. The molecule has 0 aliphatic carbocycles. The summed E-state index contributed by atoms with van der Waals surface area (Å²) < 4.78 is 0. The van der Waals surface area contributed by atoms with E-state index in [4.69, 9.17) is 23.0 Å². The van der Waals surface area contributed by atoms with Crippen LogP contribution in [0.25, 0.3) is 11.2 Å². The van der Waals surface area contributed by atoms with Gasteiger partial charge in [-0.05, 0) is 44.0 Å². The largest absolute Gasteiger partial charge is 0.507 e. The van der Waals surface area contributed by atoms with Crippen LogP contribution in [0.4, 0.5) is 17.5 Å². The number of carbonyl (C=O) groups excluding carboxylic acids is 3. The average molecular weight is 616 g/mol. The lowest BCUT2D eigenvalue weighted by molar-refractivity contribution is -0.109. The maximum atomic E-state index is 12.8. The van der Waals surface area contributed by atoms with Crippen molar-refractivity contribution in [2.24, 2.45) is 16.7 Å². The Morgan fingerprint density at radius 2 is 1.82 bits per heavy atom. The van der Waals surface area contributed by atoms with Crippen LogP contribution in [0.2, 0.25) is 0 Å². The summed E-state index contributed by atoms with van der Waals surface area (Å²) >= 11 is 0. The van der Waals surface area contributed by atoms with Crippen LogP contribution >= 0.6 is 0 Å². The van der Waals surface area contributed by atoms with Crippen LogP contribution in [0.1, 0.15) is 50.4 Å². The molecular weight excluding hydrogens is 582 g/mol. The number of nitrogens with two attached hydrogens (primary N) is 4. The maximum absolute atomic E-state index is 12.8. The SMILES string of the molecule is Cc1ccc(C(=O)NCCCC(C=O)NC(=O)c2ccc(NCc3cnc4nc(N)nc(N)c4n3)cc2O)c(/C(N)=N/NN)c1. The van der Waals surface area contributed by atoms with Gasteiger partial charge >= 0.3 is 0 Å². The Labute approximate surface area is 256 Å². The second-order valence-electron chi connectivity index (χ2n) is 9.88. The Bertz CT molecular complexity index is 1760. The topological polar surface area (TPSA) is 288 Å². The highest BCUT2D eigenvalue weighted by molar-refractivity contribution is 6.08. The quantitative estimate of drug-likeness (QED) is 0.0235. The third-order valence-electron chi connectivity index (χ3n) is 6.56. The van der Waals surface area contributed by atoms with E-state index in [0.29, 0.717) is 40.7 Å². The molecule has 2 amide bonds. The van der Waals surface area contributed by atoms with E-state index in [0.717, 1.165) is 5.56 Å². The minimum Gasteiger partial charge on any atom is -0.507 e. The summed E-state index contributed by atoms with van der Waals surface area (Å²) in [6, 6.07) is 8.63. The zero-order chi connectivity index (χ0) is 32.5. The number of fused-ring (bicyclic) bond motifs is 1. The van der Waals surface area contributed by atoms with Crippen molar-refractivity contribution in [2.45, 2.75) is 32.4 Å². The second kappa shape index (κ2) is 14.4. The monoisotopic (exact) mass is 615 g/mol. The van der Waals surface area contributed by atoms with Crippen molar-refractivity contribution in [2.75, 3.05) is 23.3 Å². The number of hydrogen-bond donors (Lipinski definition) is 9. The molecule has 4 aromatic rings. The number of aryl methyl sites for hydroxylation is 1. The number of aldehydes is 1. The number of amides is 2. The van der Waals surface area contributed by atoms with E-state index in [-0.39, 0.29) is 60.0 Å². The number of rotatable bonds is 13. The molecule has 1 atom stereocenters. The molecule has 0 fully saturated rings. The third-order valence-corrected chi connectivity index (χ3v) is 6.56. The van der Waals surface area contributed by atoms with Crippen molar-refractivity contribution in [1.82, 2.24) is 36.1 Å². The Morgan fingerprint density at radius 1 is 1.04 bits per heavy atom. The highest BCUT2D eigenvalue weighted by atomic mass is 16.3. The minimum absolute atomic E-state index is 0.00433. The molecule has 0 radical (unpaired) electrons. The summed E-state index contributed by atoms with van der Waals surface area (Å²) in [5.41, 5.74) is 22.6. The molecule has 2 aromatic carbocycles. The van der Waals surface area contributed by atoms with Crippen molar-refractivity contribution in [3.8, 4) is 5.75 Å². The number of phenols is 1. The molecule has 2 heterocycles. The number of hydrogen-bond acceptors (Lipinski definition) is 14. The van der Waals surface area contributed by atoms with Crippen LogP contribution in [0.5, 0.6) is 5.75 Å². The van der Waals surface area contributed by atoms with Crippen molar-refractivity contribution >= 4 is 52.6 Å². The standard InChI is InChI=1S/C28H33N13O4/c1-14-4-6-18(20(9-14)23(29)40-41-32)26(44)33-8-2-3-16(13-42)37-27(45)19-7-5-15(10-21(19)43)34-11-17-12-35-25-22(36-17)24(30)38-28(31)39-25/h4-7,9-10,12-13,16,34,41,43H,2-3,8,11,32H2,1H3,(H2,29,40)(H,33,44)(H,37,45)(H4,30,31,35,38,39). The highest BCUT2D eigenvalue weighted by Gasteiger charge is 2.18. The van der Waals surface area contributed by atoms with E-state index >= 15 is 0 Å². The van der Waals surface area contributed by atoms with E-state index in [2.05, 4.69) is 46.5 Å². The van der Waals surface area contributed by atoms with Crippen LogP contribution in [-0.2, 0) is 11.3 Å². The minimum atomic E-state index is -0.849. The third kappa shape index (κ3) is 8.05. The Hall–Kier alpha value is -6.10. The smallest absolute Gasteiger partial charge is 0.255 e. The van der Waals surface area contributed by atoms with Gasteiger partial charge in [-0.2, -0.15) is 9.97 Å². The molecule has 45 heavy (non-hydrogen) atoms. The van der Waals surface area contributed by atoms with Crippen molar-refractivity contribution in [3.63, 3.8) is 0 Å². The van der Waals surface area contributed by atoms with Gasteiger partial charge in [0.1, 0.15) is 12.0 Å². The lowest BCUT2D eigenvalue weighted by Crippen LogP contribution is -2.37. The fraction of sp³-hybridized carbons (Fsp3) is 0.214. The van der Waals surface area contributed by atoms with Crippen molar-refractivity contribution in [1.29, 1.82) is 0 Å². The molecule has 0 bridgehead atoms. The van der Waals surface area contributed by atoms with E-state index in [1.165, 1.54) is 18.3 Å². The molecule has 0 spiro atoms. The zero-order valence-electron chi connectivity index (χ0n) is 24.2. The summed E-state index contributed by atoms with van der Waals surface area (Å²) in [7, 11) is 0. The Balaban J connectivity index is 1.29. The van der Waals surface area contributed by atoms with E-state index in [9.17, 15) is 19.5 Å². The molecule has 17 heteroatoms. The number of phenolic OH excluding ortho intramolecular Hbond substituents is 1. The number of nitrogen functional groups attached to an aromatic ring is 2. The van der Waals surface area contributed by atoms with Crippen LogP contribution in [0.3, 0.4) is 0 Å². The van der Waals surface area contributed by atoms with E-state index in [1.807, 2.05) is 6.92 Å². The summed E-state index contributed by atoms with van der Waals surface area (Å²) in [4.78, 5) is 53.7. The molecule has 13 N–H and O–H groups in total. The van der Waals surface area contributed by atoms with Crippen LogP contribution in [0.15, 0.2) is 47.7 Å². The van der Waals surface area contributed by atoms with Gasteiger partial charge in [0.2, 0.25) is 5.95 Å². The molecule has 0 aliphatic rings. The van der Waals surface area contributed by atoms with E-state index in [1.54, 1.807) is 24.3 Å². The number of hydrazine groups is 1. The number of aromatic hydroxyl groups is 1. The zero-order valence-corrected chi connectivity index (χ0v) is 24.2. The highest BCUT2D eigenvalue weighted by Crippen LogP contribution is 2.23. The predicted octanol–water partition coefficient (Wildman–Crippen LogP) is -0.199. The first-order chi connectivity index (χ1) is 21.6. The first-order valence-electron chi connectivity index (χ1n) is 13.6. The molecule has 0 saturated heterocycles. The number of carbonyl (C=O) groups is 3. The molecule has 2 aromatic heterocycles. The first-order valence-corrected chi connectivity index (χ1v) is 13.6. The number of hydrazone groups is 1. The van der Waals surface area contributed by atoms with Gasteiger partial charge < -0.3 is 43.1 Å². The van der Waals surface area contributed by atoms with Gasteiger partial charge in [-0.3, -0.25) is 9.59 Å². The average Bonchev–Trinajstić information content (AvgIpc) is 3.01. The van der Waals surface area contributed by atoms with Gasteiger partial charge in [-0.1, -0.05) is 11.6 Å². The Kier molecular flexibility index (Phi) is 10.2. The molecule has 0 aliphatic heterocycles. The fourth-order valence-electron chi connectivity index (χ4n) is 4.33. The lowest BCUT2D eigenvalue weighted by atomic mass is 10.0. The maximum Gasteiger partial charge on any atom is 0.255 e. The number of nitrogens with zero attached hydrogens (tertiary/aromatic N) is 5. The molecular formula is C28H33N13O4. The summed E-state index contributed by atoms with van der Waals surface area (Å²) in [6.45, 7) is 2.29. The predicted molar refractivity (Wildman–Crippen MR) is 167 cm³/mol. The van der Waals surface area contributed by atoms with Crippen LogP contribution in [0, 0.1) is 6.92 Å². The van der Waals surface area contributed by atoms with Gasteiger partial charge in [0.25, 0.3) is 11.8 Å². The van der Waals surface area contributed by atoms with Gasteiger partial charge in [-0.15, -0.1) is 5.10 Å². The Morgan fingerprint density at radius 3 is 2.56 bits per heavy atom. The number of aromatic nitrogens is 4. The summed E-state index contributed by atoms with van der Waals surface area (Å²) in [5.74, 6) is 4.03. The van der Waals surface area contributed by atoms with Crippen LogP contribution in [-0.4, -0.2) is 61.6 Å². The van der Waals surface area contributed by atoms with E-state index < -0.39 is 11.9 Å². The fourth-order valence-corrected chi connectivity index (χ4v) is 4.33. The normalized spacial score (nSPS) is 11.9. The van der Waals surface area contributed by atoms with Gasteiger partial charge in [-0.25, -0.2) is 21.3 Å². The molecule has 1 unspecified atom stereocenters. The number of anilines is 3. The molecule has 4 rings (SSSR count). The van der Waals surface area contributed by atoms with Crippen LogP contribution < -0.4 is 44.5 Å². The van der Waals surface area contributed by atoms with Gasteiger partial charge in [0.05, 0.1) is 35.6 Å². The molecule has 0 saturated carbocycles. The van der Waals surface area contributed by atoms with Crippen molar-refractivity contribution in [3.05, 3.63) is 70.5 Å². The number of amidine groups is 1. The second-order valence-corrected chi connectivity index (χ2v) is 9.88. The van der Waals surface area contributed by atoms with Gasteiger partial charge in [0, 0.05) is 23.9 Å². The van der Waals surface area contributed by atoms with Crippen molar-refractivity contribution < 1.29 is 19.5 Å². The van der Waals surface area contributed by atoms with Gasteiger partial charge in [0.15, 0.2) is 22.8 Å². The summed E-state index contributed by atoms with van der Waals surface area (Å²) in [5, 5.41) is 22.7. The molecule has 234 valence electrons. The molecule has 17 nitrogen and oxygen atoms in total. The lowest BCUT2D eigenvalue weighted by Gasteiger charge is -2.15. The number of nitrogens with one attached hydrogen (secondary N) is 4. The summed E-state index contributed by atoms with van der Waals surface area (Å²) in [6.07, 6.45) is 2.71.